The van der Waals surface area contributed by atoms with Crippen LogP contribution in [0.2, 0.25) is 0 Å². The summed E-state index contributed by atoms with van der Waals surface area (Å²) in [6.45, 7) is 15.1. The number of rotatable bonds is 8. The smallest absolute Gasteiger partial charge is 0.237 e. The van der Waals surface area contributed by atoms with E-state index in [0.717, 1.165) is 0 Å². The minimum absolute atomic E-state index is 0.0105. The number of amides is 4. The van der Waals surface area contributed by atoms with Crippen molar-refractivity contribution < 1.29 is 28.8 Å². The minimum Gasteiger partial charge on any atom is -0.294 e. The average Bonchev–Trinajstić information content (AvgIpc) is 3.41. The molecular formula is C34H42N2O6. The van der Waals surface area contributed by atoms with Gasteiger partial charge in [0.25, 0.3) is 0 Å². The number of imide groups is 2. The van der Waals surface area contributed by atoms with Crippen molar-refractivity contribution in [3.8, 4) is 0 Å². The van der Waals surface area contributed by atoms with Crippen molar-refractivity contribution in [2.45, 2.75) is 68.2 Å². The summed E-state index contributed by atoms with van der Waals surface area (Å²) in [6.07, 6.45) is 0.498. The molecule has 0 N–H and O–H groups in total. The molecule has 8 heteroatoms. The fourth-order valence-electron chi connectivity index (χ4n) is 5.16. The molecule has 2 unspecified atom stereocenters. The largest absolute Gasteiger partial charge is 0.294 e. The van der Waals surface area contributed by atoms with E-state index in [1.54, 1.807) is 48.5 Å². The molecular weight excluding hydrogens is 532 g/mol. The molecule has 0 aromatic heterocycles. The van der Waals surface area contributed by atoms with Gasteiger partial charge >= 0.3 is 0 Å². The molecule has 0 saturated carbocycles. The lowest BCUT2D eigenvalue weighted by Gasteiger charge is -2.17. The molecule has 2 heterocycles. The number of hydrogen-bond donors (Lipinski definition) is 0. The minimum atomic E-state index is -0.262. The number of anilines is 2. The van der Waals surface area contributed by atoms with Crippen LogP contribution in [0.5, 0.6) is 0 Å². The molecule has 224 valence electrons. The maximum absolute atomic E-state index is 12.4. The summed E-state index contributed by atoms with van der Waals surface area (Å²) in [5.41, 5.74) is 2.08. The van der Waals surface area contributed by atoms with E-state index in [-0.39, 0.29) is 83.5 Å². The van der Waals surface area contributed by atoms with Gasteiger partial charge in [0, 0.05) is 35.8 Å². The first-order chi connectivity index (χ1) is 19.6. The Balaban J connectivity index is 0.000000230. The van der Waals surface area contributed by atoms with Crippen molar-refractivity contribution in [2.75, 3.05) is 9.80 Å². The van der Waals surface area contributed by atoms with Crippen LogP contribution in [0.4, 0.5) is 11.4 Å². The van der Waals surface area contributed by atoms with Gasteiger partial charge in [-0.2, -0.15) is 0 Å². The van der Waals surface area contributed by atoms with E-state index in [4.69, 9.17) is 0 Å². The van der Waals surface area contributed by atoms with E-state index >= 15 is 0 Å². The molecule has 2 aromatic carbocycles. The molecule has 0 radical (unpaired) electrons. The number of benzene rings is 2. The zero-order chi connectivity index (χ0) is 31.5. The van der Waals surface area contributed by atoms with E-state index in [0.29, 0.717) is 22.5 Å². The fraction of sp³-hybridized carbons (Fsp3) is 0.471. The van der Waals surface area contributed by atoms with Crippen LogP contribution in [-0.4, -0.2) is 35.2 Å². The summed E-state index contributed by atoms with van der Waals surface area (Å²) in [5.74, 6) is -1.17. The highest BCUT2D eigenvalue weighted by molar-refractivity contribution is 6.22. The standard InChI is InChI=1S/2C17H21NO3/c2*1-10(2)14-9-15(19)18(17(14)21)13-7-5-6-12(8-13)16(20)11(3)4/h2*5-8,10-11,14H,9H2,1-4H3. The second kappa shape index (κ2) is 13.4. The lowest BCUT2D eigenvalue weighted by Crippen LogP contribution is -2.31. The van der Waals surface area contributed by atoms with E-state index in [1.165, 1.54) is 9.80 Å². The van der Waals surface area contributed by atoms with Crippen LogP contribution in [0.25, 0.3) is 0 Å². The first-order valence-corrected chi connectivity index (χ1v) is 14.7. The monoisotopic (exact) mass is 574 g/mol. The van der Waals surface area contributed by atoms with Gasteiger partial charge in [-0.1, -0.05) is 79.7 Å². The number of hydrogen-bond acceptors (Lipinski definition) is 6. The summed E-state index contributed by atoms with van der Waals surface area (Å²) in [5, 5.41) is 0. The Bertz CT molecular complexity index is 1280. The van der Waals surface area contributed by atoms with E-state index in [2.05, 4.69) is 0 Å². The molecule has 2 fully saturated rings. The third-order valence-corrected chi connectivity index (χ3v) is 7.80. The summed E-state index contributed by atoms with van der Waals surface area (Å²) in [6, 6.07) is 13.6. The van der Waals surface area contributed by atoms with Crippen LogP contribution in [0.3, 0.4) is 0 Å². The summed E-state index contributed by atoms with van der Waals surface area (Å²) in [7, 11) is 0. The molecule has 8 nitrogen and oxygen atoms in total. The van der Waals surface area contributed by atoms with Gasteiger partial charge in [-0.05, 0) is 36.1 Å². The van der Waals surface area contributed by atoms with Gasteiger partial charge in [-0.15, -0.1) is 0 Å². The van der Waals surface area contributed by atoms with Crippen LogP contribution in [0.15, 0.2) is 48.5 Å². The molecule has 0 spiro atoms. The maximum atomic E-state index is 12.4. The van der Waals surface area contributed by atoms with Crippen LogP contribution >= 0.6 is 0 Å². The van der Waals surface area contributed by atoms with Gasteiger partial charge < -0.3 is 0 Å². The molecule has 0 bridgehead atoms. The molecule has 42 heavy (non-hydrogen) atoms. The predicted octanol–water partition coefficient (Wildman–Crippen LogP) is 6.12. The van der Waals surface area contributed by atoms with Crippen molar-refractivity contribution in [2.24, 2.45) is 35.5 Å². The highest BCUT2D eigenvalue weighted by atomic mass is 16.2. The highest BCUT2D eigenvalue weighted by Crippen LogP contribution is 2.32. The maximum Gasteiger partial charge on any atom is 0.237 e. The Morgan fingerprint density at radius 2 is 0.929 bits per heavy atom. The molecule has 2 aromatic rings. The third-order valence-electron chi connectivity index (χ3n) is 7.80. The Morgan fingerprint density at radius 3 is 1.19 bits per heavy atom. The summed E-state index contributed by atoms with van der Waals surface area (Å²) < 4.78 is 0. The van der Waals surface area contributed by atoms with Crippen molar-refractivity contribution in [3.05, 3.63) is 59.7 Å². The number of carbonyl (C=O) groups excluding carboxylic acids is 6. The first kappa shape index (κ1) is 32.6. The average molecular weight is 575 g/mol. The summed E-state index contributed by atoms with van der Waals surface area (Å²) in [4.78, 5) is 75.6. The Morgan fingerprint density at radius 1 is 0.595 bits per heavy atom. The molecule has 2 saturated heterocycles. The Labute approximate surface area is 248 Å². The lowest BCUT2D eigenvalue weighted by molar-refractivity contribution is -0.124. The number of nitrogens with zero attached hydrogens (tertiary/aromatic N) is 2. The molecule has 4 amide bonds. The van der Waals surface area contributed by atoms with Crippen molar-refractivity contribution in [3.63, 3.8) is 0 Å². The van der Waals surface area contributed by atoms with E-state index in [9.17, 15) is 28.8 Å². The van der Waals surface area contributed by atoms with Gasteiger partial charge in [0.15, 0.2) is 11.6 Å². The van der Waals surface area contributed by atoms with Gasteiger partial charge in [-0.25, -0.2) is 0 Å². The predicted molar refractivity (Wildman–Crippen MR) is 162 cm³/mol. The molecule has 2 atom stereocenters. The van der Waals surface area contributed by atoms with Gasteiger partial charge in [0.05, 0.1) is 23.2 Å². The number of ketones is 2. The van der Waals surface area contributed by atoms with Crippen molar-refractivity contribution >= 4 is 46.6 Å². The topological polar surface area (TPSA) is 109 Å². The molecule has 2 aliphatic rings. The fourth-order valence-corrected chi connectivity index (χ4v) is 5.16. The molecule has 0 aliphatic carbocycles. The third kappa shape index (κ3) is 6.92. The second-order valence-corrected chi connectivity index (χ2v) is 12.4. The first-order valence-electron chi connectivity index (χ1n) is 14.7. The summed E-state index contributed by atoms with van der Waals surface area (Å²) >= 11 is 0. The lowest BCUT2D eigenvalue weighted by atomic mass is 9.94. The van der Waals surface area contributed by atoms with Crippen LogP contribution in [0.1, 0.15) is 88.9 Å². The van der Waals surface area contributed by atoms with Crippen molar-refractivity contribution in [1.29, 1.82) is 0 Å². The number of carbonyl (C=O) groups is 6. The SMILES string of the molecule is CC(C)C(=O)c1cccc(N2C(=O)CC(C(C)C)C2=O)c1.CC(C)C(=O)c1cccc(N2C(=O)CC(C(C)C)C2=O)c1. The van der Waals surface area contributed by atoms with Gasteiger partial charge in [0.1, 0.15) is 0 Å². The van der Waals surface area contributed by atoms with Crippen LogP contribution in [0, 0.1) is 35.5 Å². The van der Waals surface area contributed by atoms with E-state index < -0.39 is 0 Å². The van der Waals surface area contributed by atoms with Gasteiger partial charge in [0.2, 0.25) is 23.6 Å². The Kier molecular flexibility index (Phi) is 10.4. The normalized spacial score (nSPS) is 19.0. The number of Topliss-reactive ketones (excluding diaryl/α,β-unsaturated/α-hetero) is 2. The van der Waals surface area contributed by atoms with Crippen molar-refractivity contribution in [1.82, 2.24) is 0 Å². The highest BCUT2D eigenvalue weighted by Gasteiger charge is 2.42. The molecule has 2 aliphatic heterocycles. The van der Waals surface area contributed by atoms with Crippen LogP contribution < -0.4 is 9.80 Å². The van der Waals surface area contributed by atoms with E-state index in [1.807, 2.05) is 55.4 Å². The zero-order valence-electron chi connectivity index (χ0n) is 25.8. The quantitative estimate of drug-likeness (QED) is 0.278. The van der Waals surface area contributed by atoms with Gasteiger partial charge in [-0.3, -0.25) is 38.6 Å². The Hall–Kier alpha value is -3.94. The zero-order valence-corrected chi connectivity index (χ0v) is 25.8. The molecule has 4 rings (SSSR count). The van der Waals surface area contributed by atoms with Crippen LogP contribution in [-0.2, 0) is 19.2 Å². The second-order valence-electron chi connectivity index (χ2n) is 12.4.